The van der Waals surface area contributed by atoms with Gasteiger partial charge in [-0.1, -0.05) is 18.2 Å². The van der Waals surface area contributed by atoms with E-state index in [0.29, 0.717) is 30.8 Å². The van der Waals surface area contributed by atoms with E-state index in [9.17, 15) is 14.4 Å². The number of carboxylic acid groups (broad SMARTS) is 1. The second-order valence-corrected chi connectivity index (χ2v) is 6.02. The van der Waals surface area contributed by atoms with Crippen LogP contribution in [0, 0.1) is 5.92 Å². The number of likely N-dealkylation sites (tertiary alicyclic amines) is 1. The molecule has 1 fully saturated rings. The maximum absolute atomic E-state index is 12.7. The zero-order valence-corrected chi connectivity index (χ0v) is 13.2. The first kappa shape index (κ1) is 16.2. The number of anilines is 1. The van der Waals surface area contributed by atoms with Crippen molar-refractivity contribution in [1.29, 1.82) is 0 Å². The fourth-order valence-electron chi connectivity index (χ4n) is 3.02. The summed E-state index contributed by atoms with van der Waals surface area (Å²) in [7, 11) is 0. The predicted molar refractivity (Wildman–Crippen MR) is 87.5 cm³/mol. The van der Waals surface area contributed by atoms with Gasteiger partial charge < -0.3 is 10.0 Å². The molecule has 7 nitrogen and oxygen atoms in total. The van der Waals surface area contributed by atoms with Crippen molar-refractivity contribution in [3.63, 3.8) is 0 Å². The summed E-state index contributed by atoms with van der Waals surface area (Å²) in [6.45, 7) is 0.730. The molecule has 1 aromatic rings. The van der Waals surface area contributed by atoms with Gasteiger partial charge in [0.25, 0.3) is 5.91 Å². The molecule has 3 rings (SSSR count). The molecule has 0 aliphatic carbocycles. The van der Waals surface area contributed by atoms with Crippen molar-refractivity contribution in [3.05, 3.63) is 30.3 Å². The highest BCUT2D eigenvalue weighted by Crippen LogP contribution is 2.22. The van der Waals surface area contributed by atoms with Crippen LogP contribution in [0.5, 0.6) is 0 Å². The monoisotopic (exact) mass is 329 g/mol. The summed E-state index contributed by atoms with van der Waals surface area (Å²) in [5, 5.41) is 14.7. The SMILES string of the molecule is O=C(O)C1CCCN(C(=O)C2=NN(c3ccccc3)C(=O)CC2)C1. The number of carboxylic acids is 1. The highest BCUT2D eigenvalue weighted by Gasteiger charge is 2.32. The highest BCUT2D eigenvalue weighted by molar-refractivity contribution is 6.40. The number of rotatable bonds is 3. The van der Waals surface area contributed by atoms with E-state index in [1.54, 1.807) is 29.2 Å². The van der Waals surface area contributed by atoms with Gasteiger partial charge in [-0.25, -0.2) is 5.01 Å². The number of hydrogen-bond acceptors (Lipinski definition) is 4. The Hall–Kier alpha value is -2.70. The van der Waals surface area contributed by atoms with Crippen molar-refractivity contribution < 1.29 is 19.5 Å². The van der Waals surface area contributed by atoms with Crippen LogP contribution in [0.3, 0.4) is 0 Å². The van der Waals surface area contributed by atoms with E-state index in [1.165, 1.54) is 5.01 Å². The average Bonchev–Trinajstić information content (AvgIpc) is 2.62. The maximum atomic E-state index is 12.7. The standard InChI is InChI=1S/C17H19N3O4/c21-15-9-8-14(18-20(15)13-6-2-1-3-7-13)16(22)19-10-4-5-12(11-19)17(23)24/h1-3,6-7,12H,4-5,8-11H2,(H,23,24). The smallest absolute Gasteiger partial charge is 0.308 e. The third-order valence-electron chi connectivity index (χ3n) is 4.34. The van der Waals surface area contributed by atoms with Gasteiger partial charge in [0.05, 0.1) is 11.6 Å². The second-order valence-electron chi connectivity index (χ2n) is 6.02. The van der Waals surface area contributed by atoms with Crippen LogP contribution in [0.1, 0.15) is 25.7 Å². The van der Waals surface area contributed by atoms with Crippen LogP contribution in [-0.4, -0.2) is 46.6 Å². The quantitative estimate of drug-likeness (QED) is 0.910. The molecule has 24 heavy (non-hydrogen) atoms. The largest absolute Gasteiger partial charge is 0.481 e. The summed E-state index contributed by atoms with van der Waals surface area (Å²) in [4.78, 5) is 37.5. The second kappa shape index (κ2) is 6.82. The molecule has 2 aliphatic heterocycles. The van der Waals surface area contributed by atoms with Crippen molar-refractivity contribution >= 4 is 29.2 Å². The molecule has 0 aromatic heterocycles. The molecule has 0 saturated carbocycles. The average molecular weight is 329 g/mol. The first-order valence-corrected chi connectivity index (χ1v) is 8.04. The minimum absolute atomic E-state index is 0.153. The van der Waals surface area contributed by atoms with Crippen LogP contribution in [0.25, 0.3) is 0 Å². The lowest BCUT2D eigenvalue weighted by Crippen LogP contribution is -2.47. The summed E-state index contributed by atoms with van der Waals surface area (Å²) in [6.07, 6.45) is 1.75. The number of carbonyl (C=O) groups is 3. The number of benzene rings is 1. The Labute approximate surface area is 139 Å². The molecular weight excluding hydrogens is 310 g/mol. The molecule has 2 aliphatic rings. The van der Waals surface area contributed by atoms with E-state index < -0.39 is 11.9 Å². The van der Waals surface area contributed by atoms with E-state index in [0.717, 1.165) is 0 Å². The van der Waals surface area contributed by atoms with Gasteiger partial charge in [0.2, 0.25) is 5.91 Å². The lowest BCUT2D eigenvalue weighted by molar-refractivity contribution is -0.144. The Morgan fingerprint density at radius 1 is 1.17 bits per heavy atom. The number of para-hydroxylation sites is 1. The van der Waals surface area contributed by atoms with Gasteiger partial charge in [-0.2, -0.15) is 5.10 Å². The predicted octanol–water partition coefficient (Wildman–Crippen LogP) is 1.49. The van der Waals surface area contributed by atoms with Gasteiger partial charge in [-0.15, -0.1) is 0 Å². The number of piperidine rings is 1. The number of hydrazone groups is 1. The molecule has 2 amide bonds. The van der Waals surface area contributed by atoms with Crippen LogP contribution in [0.15, 0.2) is 35.4 Å². The maximum Gasteiger partial charge on any atom is 0.308 e. The van der Waals surface area contributed by atoms with E-state index in [1.807, 2.05) is 6.07 Å². The van der Waals surface area contributed by atoms with Gasteiger partial charge in [0, 0.05) is 25.9 Å². The van der Waals surface area contributed by atoms with Crippen LogP contribution in [0.4, 0.5) is 5.69 Å². The molecular formula is C17H19N3O4. The zero-order valence-electron chi connectivity index (χ0n) is 13.2. The molecule has 126 valence electrons. The highest BCUT2D eigenvalue weighted by atomic mass is 16.4. The van der Waals surface area contributed by atoms with Crippen LogP contribution >= 0.6 is 0 Å². The number of amides is 2. The first-order valence-electron chi connectivity index (χ1n) is 8.04. The van der Waals surface area contributed by atoms with Crippen molar-refractivity contribution in [2.75, 3.05) is 18.1 Å². The molecule has 1 unspecified atom stereocenters. The fraction of sp³-hybridized carbons (Fsp3) is 0.412. The van der Waals surface area contributed by atoms with Crippen molar-refractivity contribution in [2.45, 2.75) is 25.7 Å². The number of nitrogens with zero attached hydrogens (tertiary/aromatic N) is 3. The third-order valence-corrected chi connectivity index (χ3v) is 4.34. The third kappa shape index (κ3) is 3.29. The van der Waals surface area contributed by atoms with E-state index in [4.69, 9.17) is 5.11 Å². The Morgan fingerprint density at radius 3 is 2.62 bits per heavy atom. The van der Waals surface area contributed by atoms with Crippen LogP contribution in [0.2, 0.25) is 0 Å². The summed E-state index contributed by atoms with van der Waals surface area (Å²) in [5.41, 5.74) is 0.930. The molecule has 1 aromatic carbocycles. The topological polar surface area (TPSA) is 90.3 Å². The zero-order chi connectivity index (χ0) is 17.1. The van der Waals surface area contributed by atoms with Gasteiger partial charge in [0.15, 0.2) is 0 Å². The lowest BCUT2D eigenvalue weighted by Gasteiger charge is -2.32. The minimum Gasteiger partial charge on any atom is -0.481 e. The van der Waals surface area contributed by atoms with Crippen molar-refractivity contribution in [2.24, 2.45) is 11.0 Å². The summed E-state index contributed by atoms with van der Waals surface area (Å²) in [5.74, 6) is -1.83. The number of aliphatic carboxylic acids is 1. The van der Waals surface area contributed by atoms with Gasteiger partial charge >= 0.3 is 5.97 Å². The Bertz CT molecular complexity index is 686. The van der Waals surface area contributed by atoms with E-state index in [2.05, 4.69) is 5.10 Å². The normalized spacial score (nSPS) is 21.4. The molecule has 1 atom stereocenters. The molecule has 1 N–H and O–H groups in total. The van der Waals surface area contributed by atoms with Crippen molar-refractivity contribution in [3.8, 4) is 0 Å². The number of hydrogen-bond donors (Lipinski definition) is 1. The van der Waals surface area contributed by atoms with E-state index in [-0.39, 0.29) is 31.2 Å². The minimum atomic E-state index is -0.876. The molecule has 2 heterocycles. The molecule has 7 heteroatoms. The molecule has 1 saturated heterocycles. The lowest BCUT2D eigenvalue weighted by atomic mass is 9.97. The van der Waals surface area contributed by atoms with E-state index >= 15 is 0 Å². The molecule has 0 radical (unpaired) electrons. The Kier molecular flexibility index (Phi) is 4.59. The molecule has 0 spiro atoms. The van der Waals surface area contributed by atoms with Gasteiger partial charge in [-0.05, 0) is 25.0 Å². The summed E-state index contributed by atoms with van der Waals surface area (Å²) < 4.78 is 0. The Morgan fingerprint density at radius 2 is 1.92 bits per heavy atom. The summed E-state index contributed by atoms with van der Waals surface area (Å²) in [6, 6.07) is 8.96. The van der Waals surface area contributed by atoms with Crippen molar-refractivity contribution in [1.82, 2.24) is 4.90 Å². The molecule has 0 bridgehead atoms. The Balaban J connectivity index is 1.79. The summed E-state index contributed by atoms with van der Waals surface area (Å²) >= 11 is 0. The van der Waals surface area contributed by atoms with Crippen LogP contribution in [-0.2, 0) is 14.4 Å². The van der Waals surface area contributed by atoms with Gasteiger partial charge in [-0.3, -0.25) is 14.4 Å². The number of carbonyl (C=O) groups excluding carboxylic acids is 2. The van der Waals surface area contributed by atoms with Crippen LogP contribution < -0.4 is 5.01 Å². The first-order chi connectivity index (χ1) is 11.6. The van der Waals surface area contributed by atoms with Gasteiger partial charge in [0.1, 0.15) is 5.71 Å². The fourth-order valence-corrected chi connectivity index (χ4v) is 3.02.